The maximum atomic E-state index is 10.8. The molecule has 3 unspecified atom stereocenters. The van der Waals surface area contributed by atoms with Crippen LogP contribution in [-0.2, 0) is 4.79 Å². The van der Waals surface area contributed by atoms with Crippen molar-refractivity contribution in [1.29, 1.82) is 0 Å². The standard InChI is InChI=1S/C10H15NO/c1-5-4-8(5)9-6(2)10(9)11-7(3)12/h4-6,9-10H,1-3H3,(H,11,12)/t5-,6?,9?,10?/m1/s1. The summed E-state index contributed by atoms with van der Waals surface area (Å²) in [6.07, 6.45) is 2.29. The van der Waals surface area contributed by atoms with E-state index >= 15 is 0 Å². The molecule has 2 nitrogen and oxygen atoms in total. The number of allylic oxidation sites excluding steroid dienone is 1. The molecule has 0 saturated heterocycles. The van der Waals surface area contributed by atoms with Crippen LogP contribution in [0.4, 0.5) is 0 Å². The second kappa shape index (κ2) is 2.35. The molecule has 0 heterocycles. The van der Waals surface area contributed by atoms with Crippen LogP contribution in [0.5, 0.6) is 0 Å². The molecule has 1 N–H and O–H groups in total. The summed E-state index contributed by atoms with van der Waals surface area (Å²) >= 11 is 0. The lowest BCUT2D eigenvalue weighted by molar-refractivity contribution is -0.119. The first-order valence-corrected chi connectivity index (χ1v) is 4.60. The van der Waals surface area contributed by atoms with Crippen LogP contribution in [0, 0.1) is 17.8 Å². The highest BCUT2D eigenvalue weighted by atomic mass is 16.1. The van der Waals surface area contributed by atoms with Crippen LogP contribution >= 0.6 is 0 Å². The van der Waals surface area contributed by atoms with Crippen molar-refractivity contribution < 1.29 is 4.79 Å². The number of rotatable bonds is 2. The third-order valence-electron chi connectivity index (χ3n) is 2.99. The summed E-state index contributed by atoms with van der Waals surface area (Å²) in [5, 5.41) is 2.98. The van der Waals surface area contributed by atoms with Crippen molar-refractivity contribution in [3.8, 4) is 0 Å². The van der Waals surface area contributed by atoms with E-state index in [-0.39, 0.29) is 5.91 Å². The van der Waals surface area contributed by atoms with Crippen LogP contribution in [-0.4, -0.2) is 11.9 Å². The van der Waals surface area contributed by atoms with Gasteiger partial charge in [-0.15, -0.1) is 0 Å². The Morgan fingerprint density at radius 1 is 1.50 bits per heavy atom. The zero-order chi connectivity index (χ0) is 8.88. The number of hydrogen-bond donors (Lipinski definition) is 1. The molecule has 2 heteroatoms. The fraction of sp³-hybridized carbons (Fsp3) is 0.700. The zero-order valence-electron chi connectivity index (χ0n) is 7.79. The second-order valence-corrected chi connectivity index (χ2v) is 4.07. The highest BCUT2D eigenvalue weighted by Crippen LogP contribution is 2.52. The van der Waals surface area contributed by atoms with Gasteiger partial charge < -0.3 is 5.32 Å². The van der Waals surface area contributed by atoms with Gasteiger partial charge >= 0.3 is 0 Å². The Bertz CT molecular complexity index is 257. The number of amides is 1. The molecule has 12 heavy (non-hydrogen) atoms. The molecule has 0 bridgehead atoms. The molecule has 0 aromatic rings. The smallest absolute Gasteiger partial charge is 0.217 e. The Labute approximate surface area is 73.0 Å². The molecule has 0 aliphatic heterocycles. The summed E-state index contributed by atoms with van der Waals surface area (Å²) in [5.41, 5.74) is 1.56. The van der Waals surface area contributed by atoms with Gasteiger partial charge in [-0.2, -0.15) is 0 Å². The van der Waals surface area contributed by atoms with E-state index in [1.54, 1.807) is 12.5 Å². The molecule has 0 radical (unpaired) electrons. The lowest BCUT2D eigenvalue weighted by atomic mass is 10.2. The number of carbonyl (C=O) groups excluding carboxylic acids is 1. The van der Waals surface area contributed by atoms with Crippen molar-refractivity contribution in [2.45, 2.75) is 26.8 Å². The maximum Gasteiger partial charge on any atom is 0.217 e. The molecule has 1 amide bonds. The van der Waals surface area contributed by atoms with E-state index in [1.807, 2.05) is 0 Å². The lowest BCUT2D eigenvalue weighted by Gasteiger charge is -1.97. The average molecular weight is 165 g/mol. The Kier molecular flexibility index (Phi) is 1.53. The monoisotopic (exact) mass is 165 g/mol. The summed E-state index contributed by atoms with van der Waals surface area (Å²) in [4.78, 5) is 10.8. The average Bonchev–Trinajstić information content (AvgIpc) is 2.77. The van der Waals surface area contributed by atoms with Gasteiger partial charge in [0.25, 0.3) is 0 Å². The highest BCUT2D eigenvalue weighted by molar-refractivity contribution is 5.74. The minimum absolute atomic E-state index is 0.100. The number of hydrogen-bond acceptors (Lipinski definition) is 1. The molecule has 0 aromatic carbocycles. The molecule has 4 atom stereocenters. The minimum Gasteiger partial charge on any atom is -0.353 e. The van der Waals surface area contributed by atoms with E-state index in [4.69, 9.17) is 0 Å². The van der Waals surface area contributed by atoms with Gasteiger partial charge in [0.2, 0.25) is 5.91 Å². The highest BCUT2D eigenvalue weighted by Gasteiger charge is 2.52. The van der Waals surface area contributed by atoms with Crippen LogP contribution in [0.2, 0.25) is 0 Å². The zero-order valence-corrected chi connectivity index (χ0v) is 7.79. The molecular formula is C10H15NO. The van der Waals surface area contributed by atoms with Crippen molar-refractivity contribution in [3.63, 3.8) is 0 Å². The fourth-order valence-electron chi connectivity index (χ4n) is 2.08. The molecule has 2 rings (SSSR count). The summed E-state index contributed by atoms with van der Waals surface area (Å²) in [5.74, 6) is 2.12. The summed E-state index contributed by atoms with van der Waals surface area (Å²) in [6, 6.07) is 0.429. The lowest BCUT2D eigenvalue weighted by Crippen LogP contribution is -2.24. The third kappa shape index (κ3) is 1.15. The topological polar surface area (TPSA) is 29.1 Å². The Morgan fingerprint density at radius 3 is 2.50 bits per heavy atom. The Balaban J connectivity index is 1.88. The van der Waals surface area contributed by atoms with E-state index in [1.165, 1.54) is 0 Å². The van der Waals surface area contributed by atoms with Crippen molar-refractivity contribution in [3.05, 3.63) is 11.6 Å². The maximum absolute atomic E-state index is 10.8. The van der Waals surface area contributed by atoms with Crippen LogP contribution in [0.25, 0.3) is 0 Å². The molecule has 0 aromatic heterocycles. The fourth-order valence-corrected chi connectivity index (χ4v) is 2.08. The van der Waals surface area contributed by atoms with Crippen LogP contribution in [0.3, 0.4) is 0 Å². The quantitative estimate of drug-likeness (QED) is 0.614. The van der Waals surface area contributed by atoms with E-state index in [0.29, 0.717) is 23.8 Å². The van der Waals surface area contributed by atoms with Gasteiger partial charge in [-0.3, -0.25) is 4.79 Å². The normalized spacial score (nSPS) is 43.4. The first-order chi connectivity index (χ1) is 5.61. The predicted molar refractivity (Wildman–Crippen MR) is 47.5 cm³/mol. The minimum atomic E-state index is 0.100. The third-order valence-corrected chi connectivity index (χ3v) is 2.99. The van der Waals surface area contributed by atoms with Gasteiger partial charge in [0, 0.05) is 18.9 Å². The molecule has 66 valence electrons. The Hall–Kier alpha value is -0.790. The van der Waals surface area contributed by atoms with Gasteiger partial charge in [0.15, 0.2) is 0 Å². The summed E-state index contributed by atoms with van der Waals surface area (Å²) in [6.45, 7) is 6.01. The van der Waals surface area contributed by atoms with E-state index in [0.717, 1.165) is 0 Å². The number of nitrogens with one attached hydrogen (secondary N) is 1. The Morgan fingerprint density at radius 2 is 2.08 bits per heavy atom. The molecule has 1 saturated carbocycles. The first-order valence-electron chi connectivity index (χ1n) is 4.60. The van der Waals surface area contributed by atoms with E-state index in [9.17, 15) is 4.79 Å². The summed E-state index contributed by atoms with van der Waals surface area (Å²) in [7, 11) is 0. The van der Waals surface area contributed by atoms with Gasteiger partial charge in [-0.05, 0) is 11.8 Å². The molecule has 2 aliphatic carbocycles. The van der Waals surface area contributed by atoms with Crippen molar-refractivity contribution in [2.75, 3.05) is 0 Å². The van der Waals surface area contributed by atoms with Gasteiger partial charge in [-0.1, -0.05) is 25.5 Å². The molecule has 0 spiro atoms. The van der Waals surface area contributed by atoms with E-state index in [2.05, 4.69) is 25.2 Å². The number of carbonyl (C=O) groups is 1. The summed E-state index contributed by atoms with van der Waals surface area (Å²) < 4.78 is 0. The van der Waals surface area contributed by atoms with Crippen molar-refractivity contribution in [2.24, 2.45) is 17.8 Å². The van der Waals surface area contributed by atoms with E-state index < -0.39 is 0 Å². The first kappa shape index (κ1) is 7.84. The van der Waals surface area contributed by atoms with Gasteiger partial charge in [-0.25, -0.2) is 0 Å². The van der Waals surface area contributed by atoms with Crippen molar-refractivity contribution >= 4 is 5.91 Å². The molecule has 2 aliphatic rings. The van der Waals surface area contributed by atoms with Crippen molar-refractivity contribution in [1.82, 2.24) is 5.32 Å². The largest absolute Gasteiger partial charge is 0.353 e. The van der Waals surface area contributed by atoms with Crippen LogP contribution < -0.4 is 5.32 Å². The van der Waals surface area contributed by atoms with Crippen LogP contribution in [0.1, 0.15) is 20.8 Å². The SMILES string of the molecule is CC(=O)NC1C(C)C1C1=C[C@H]1C. The second-order valence-electron chi connectivity index (χ2n) is 4.07. The van der Waals surface area contributed by atoms with Gasteiger partial charge in [0.05, 0.1) is 0 Å². The van der Waals surface area contributed by atoms with Gasteiger partial charge in [0.1, 0.15) is 0 Å². The molecular weight excluding hydrogens is 150 g/mol. The molecule has 1 fully saturated rings. The predicted octanol–water partition coefficient (Wildman–Crippen LogP) is 1.33. The van der Waals surface area contributed by atoms with Crippen LogP contribution in [0.15, 0.2) is 11.6 Å².